The molecule has 0 spiro atoms. The lowest BCUT2D eigenvalue weighted by atomic mass is 10.2. The van der Waals surface area contributed by atoms with Crippen LogP contribution in [-0.4, -0.2) is 15.2 Å². The number of thiocarbonyl (C=S) groups is 2. The van der Waals surface area contributed by atoms with Crippen molar-refractivity contribution in [3.05, 3.63) is 35.9 Å². The summed E-state index contributed by atoms with van der Waals surface area (Å²) < 4.78 is 1.12. The highest BCUT2D eigenvalue weighted by molar-refractivity contribution is 8.89. The summed E-state index contributed by atoms with van der Waals surface area (Å²) in [6.07, 6.45) is 0.958. The topological polar surface area (TPSA) is 38.0 Å². The third-order valence-corrected chi connectivity index (χ3v) is 4.83. The first kappa shape index (κ1) is 13.8. The molecule has 0 aliphatic carbocycles. The second-order valence-corrected chi connectivity index (χ2v) is 6.48. The zero-order valence-corrected chi connectivity index (χ0v) is 11.8. The minimum Gasteiger partial charge on any atom is -0.384 e. The molecule has 0 aromatic heterocycles. The third-order valence-electron chi connectivity index (χ3n) is 1.73. The molecular formula is C10H12N2S4. The minimum atomic E-state index is 0.400. The largest absolute Gasteiger partial charge is 0.384 e. The van der Waals surface area contributed by atoms with Gasteiger partial charge >= 0.3 is 0 Å². The second kappa shape index (κ2) is 7.89. The number of nitrogens with one attached hydrogen (secondary N) is 1. The smallest absolute Gasteiger partial charge is 0.144 e. The zero-order chi connectivity index (χ0) is 11.8. The van der Waals surface area contributed by atoms with Gasteiger partial charge in [0.05, 0.1) is 0 Å². The standard InChI is InChI=1S/C10H12N2S4/c11-9(13)15-16-10(14)12-7-6-8-4-2-1-3-5-8/h1-5H,6-7H2,(H2,11,13)(H,12,14). The van der Waals surface area contributed by atoms with Crippen LogP contribution in [0, 0.1) is 0 Å². The summed E-state index contributed by atoms with van der Waals surface area (Å²) in [5, 5.41) is 3.14. The molecule has 0 aliphatic heterocycles. The van der Waals surface area contributed by atoms with E-state index in [1.807, 2.05) is 18.2 Å². The predicted octanol–water partition coefficient (Wildman–Crippen LogP) is 2.73. The molecule has 0 bridgehead atoms. The van der Waals surface area contributed by atoms with E-state index in [4.69, 9.17) is 30.2 Å². The van der Waals surface area contributed by atoms with Gasteiger partial charge in [-0.05, 0) is 33.6 Å². The van der Waals surface area contributed by atoms with Crippen LogP contribution >= 0.6 is 46.0 Å². The van der Waals surface area contributed by atoms with Crippen molar-refractivity contribution in [2.75, 3.05) is 6.54 Å². The Bertz CT molecular complexity index is 353. The molecule has 1 aromatic carbocycles. The van der Waals surface area contributed by atoms with Crippen LogP contribution in [0.1, 0.15) is 5.56 Å². The highest BCUT2D eigenvalue weighted by Crippen LogP contribution is 2.21. The van der Waals surface area contributed by atoms with Crippen LogP contribution in [0.15, 0.2) is 30.3 Å². The van der Waals surface area contributed by atoms with Crippen molar-refractivity contribution in [1.29, 1.82) is 0 Å². The maximum absolute atomic E-state index is 5.35. The lowest BCUT2D eigenvalue weighted by Crippen LogP contribution is -2.20. The monoisotopic (exact) mass is 288 g/mol. The van der Waals surface area contributed by atoms with E-state index >= 15 is 0 Å². The van der Waals surface area contributed by atoms with Gasteiger partial charge in [0, 0.05) is 6.54 Å². The van der Waals surface area contributed by atoms with Crippen LogP contribution in [0.4, 0.5) is 0 Å². The van der Waals surface area contributed by atoms with Gasteiger partial charge in [-0.1, -0.05) is 54.8 Å². The Labute approximate surface area is 114 Å². The summed E-state index contributed by atoms with van der Waals surface area (Å²) in [4.78, 5) is 0. The Morgan fingerprint density at radius 3 is 2.50 bits per heavy atom. The molecule has 0 saturated heterocycles. The number of rotatable bonds is 3. The van der Waals surface area contributed by atoms with Gasteiger partial charge in [0.1, 0.15) is 8.64 Å². The summed E-state index contributed by atoms with van der Waals surface area (Å²) in [5.74, 6) is 0. The molecular weight excluding hydrogens is 276 g/mol. The molecule has 0 fully saturated rings. The van der Waals surface area contributed by atoms with E-state index in [1.54, 1.807) is 0 Å². The molecule has 6 heteroatoms. The summed E-state index contributed by atoms with van der Waals surface area (Å²) in [7, 11) is 2.70. The Morgan fingerprint density at radius 1 is 1.19 bits per heavy atom. The van der Waals surface area contributed by atoms with E-state index in [0.717, 1.165) is 13.0 Å². The Kier molecular flexibility index (Phi) is 6.79. The molecule has 0 heterocycles. The van der Waals surface area contributed by atoms with Crippen LogP contribution in [0.5, 0.6) is 0 Å². The fourth-order valence-electron chi connectivity index (χ4n) is 1.06. The van der Waals surface area contributed by atoms with Crippen molar-refractivity contribution in [2.45, 2.75) is 6.42 Å². The highest BCUT2D eigenvalue weighted by atomic mass is 33.1. The molecule has 0 atom stereocenters. The molecule has 0 aliphatic rings. The first-order valence-corrected chi connectivity index (χ1v) is 7.61. The average Bonchev–Trinajstić information content (AvgIpc) is 2.28. The van der Waals surface area contributed by atoms with E-state index in [0.29, 0.717) is 8.64 Å². The van der Waals surface area contributed by atoms with Gasteiger partial charge in [0.2, 0.25) is 0 Å². The summed E-state index contributed by atoms with van der Waals surface area (Å²) in [6.45, 7) is 0.827. The molecule has 0 saturated carbocycles. The second-order valence-electron chi connectivity index (χ2n) is 2.94. The van der Waals surface area contributed by atoms with E-state index in [-0.39, 0.29) is 0 Å². The molecule has 1 aromatic rings. The van der Waals surface area contributed by atoms with Gasteiger partial charge in [-0.3, -0.25) is 0 Å². The molecule has 0 amide bonds. The summed E-state index contributed by atoms with van der Waals surface area (Å²) in [5.41, 5.74) is 6.64. The quantitative estimate of drug-likeness (QED) is 0.658. The van der Waals surface area contributed by atoms with Gasteiger partial charge in [0.15, 0.2) is 0 Å². The van der Waals surface area contributed by atoms with Crippen LogP contribution in [0.25, 0.3) is 0 Å². The van der Waals surface area contributed by atoms with Crippen molar-refractivity contribution < 1.29 is 0 Å². The van der Waals surface area contributed by atoms with E-state index in [1.165, 1.54) is 27.2 Å². The number of hydrogen-bond donors (Lipinski definition) is 2. The lowest BCUT2D eigenvalue weighted by Gasteiger charge is -2.06. The first-order valence-electron chi connectivity index (χ1n) is 4.64. The number of hydrogen-bond acceptors (Lipinski definition) is 4. The van der Waals surface area contributed by atoms with E-state index in [9.17, 15) is 0 Å². The number of nitrogens with two attached hydrogens (primary N) is 1. The van der Waals surface area contributed by atoms with Crippen molar-refractivity contribution >= 4 is 54.7 Å². The molecule has 0 radical (unpaired) electrons. The summed E-state index contributed by atoms with van der Waals surface area (Å²) in [6, 6.07) is 10.3. The third kappa shape index (κ3) is 6.32. The molecule has 16 heavy (non-hydrogen) atoms. The van der Waals surface area contributed by atoms with Crippen LogP contribution < -0.4 is 11.1 Å². The van der Waals surface area contributed by atoms with Crippen LogP contribution in [0.2, 0.25) is 0 Å². The zero-order valence-electron chi connectivity index (χ0n) is 8.51. The van der Waals surface area contributed by atoms with Crippen molar-refractivity contribution in [2.24, 2.45) is 5.73 Å². The van der Waals surface area contributed by atoms with Crippen LogP contribution in [0.3, 0.4) is 0 Å². The normalized spacial score (nSPS) is 9.75. The number of benzene rings is 1. The molecule has 1 rings (SSSR count). The fraction of sp³-hybridized carbons (Fsp3) is 0.200. The average molecular weight is 288 g/mol. The lowest BCUT2D eigenvalue weighted by molar-refractivity contribution is 0.883. The maximum atomic E-state index is 5.35. The predicted molar refractivity (Wildman–Crippen MR) is 82.7 cm³/mol. The van der Waals surface area contributed by atoms with Gasteiger partial charge in [0.25, 0.3) is 0 Å². The van der Waals surface area contributed by atoms with E-state index < -0.39 is 0 Å². The molecule has 3 N–H and O–H groups in total. The van der Waals surface area contributed by atoms with Gasteiger partial charge < -0.3 is 11.1 Å². The van der Waals surface area contributed by atoms with Gasteiger partial charge in [-0.15, -0.1) is 0 Å². The van der Waals surface area contributed by atoms with Gasteiger partial charge in [-0.2, -0.15) is 0 Å². The molecule has 0 unspecified atom stereocenters. The Balaban J connectivity index is 2.16. The van der Waals surface area contributed by atoms with Gasteiger partial charge in [-0.25, -0.2) is 0 Å². The minimum absolute atomic E-state index is 0.400. The highest BCUT2D eigenvalue weighted by Gasteiger charge is 1.99. The fourth-order valence-corrected chi connectivity index (χ4v) is 2.75. The van der Waals surface area contributed by atoms with Crippen molar-refractivity contribution in [3.63, 3.8) is 0 Å². The Hall–Kier alpha value is -0.300. The molecule has 86 valence electrons. The SMILES string of the molecule is NC(=S)SSC(=S)NCCc1ccccc1. The van der Waals surface area contributed by atoms with Crippen LogP contribution in [-0.2, 0) is 6.42 Å². The maximum Gasteiger partial charge on any atom is 0.144 e. The Morgan fingerprint density at radius 2 is 1.88 bits per heavy atom. The summed E-state index contributed by atoms with van der Waals surface area (Å²) >= 11 is 9.84. The van der Waals surface area contributed by atoms with Crippen molar-refractivity contribution in [1.82, 2.24) is 5.32 Å². The molecule has 2 nitrogen and oxygen atoms in total. The van der Waals surface area contributed by atoms with Crippen molar-refractivity contribution in [3.8, 4) is 0 Å². The van der Waals surface area contributed by atoms with E-state index in [2.05, 4.69) is 17.4 Å². The first-order chi connectivity index (χ1) is 7.68.